The summed E-state index contributed by atoms with van der Waals surface area (Å²) in [7, 11) is 0. The maximum absolute atomic E-state index is 12.3. The van der Waals surface area contributed by atoms with Crippen LogP contribution in [0.1, 0.15) is 48.7 Å². The van der Waals surface area contributed by atoms with E-state index in [0.717, 1.165) is 18.4 Å². The summed E-state index contributed by atoms with van der Waals surface area (Å²) in [6.07, 6.45) is 12.4. The number of aromatic amines is 1. The Bertz CT molecular complexity index is 585. The van der Waals surface area contributed by atoms with E-state index in [1.165, 1.54) is 0 Å². The van der Waals surface area contributed by atoms with Gasteiger partial charge in [-0.25, -0.2) is 0 Å². The maximum atomic E-state index is 12.3. The highest BCUT2D eigenvalue weighted by molar-refractivity contribution is 5.92. The minimum atomic E-state index is -0.0190. The van der Waals surface area contributed by atoms with E-state index < -0.39 is 0 Å². The molecule has 3 rings (SSSR count). The van der Waals surface area contributed by atoms with E-state index in [1.54, 1.807) is 0 Å². The minimum absolute atomic E-state index is 0.0190. The first-order valence-electron chi connectivity index (χ1n) is 8.07. The molecule has 0 fully saturated rings. The lowest BCUT2D eigenvalue weighted by Crippen LogP contribution is -2.43. The van der Waals surface area contributed by atoms with Crippen molar-refractivity contribution in [1.82, 2.24) is 20.9 Å². The molecule has 0 saturated heterocycles. The van der Waals surface area contributed by atoms with E-state index in [0.29, 0.717) is 11.6 Å². The monoisotopic (exact) mass is 300 g/mol. The molecule has 1 aromatic heterocycles. The minimum Gasteiger partial charge on any atom is -0.371 e. The van der Waals surface area contributed by atoms with Crippen molar-refractivity contribution >= 4 is 5.91 Å². The van der Waals surface area contributed by atoms with Gasteiger partial charge in [-0.15, -0.1) is 0 Å². The zero-order valence-electron chi connectivity index (χ0n) is 13.1. The second-order valence-corrected chi connectivity index (χ2v) is 5.97. The number of hydrogen-bond donors (Lipinski definition) is 4. The van der Waals surface area contributed by atoms with Gasteiger partial charge in [-0.2, -0.15) is 0 Å². The van der Waals surface area contributed by atoms with Crippen LogP contribution in [0.25, 0.3) is 0 Å². The standard InChI is InChI=1S/C17H24N4O/c1-3-12(4-2)21-17(22)15-9-11(10-20-15)13-5-7-18-16-14(13)6-8-19-16/h5-10,12-14,16,18-20H,3-4H2,1-2H3,(H,21,22). The van der Waals surface area contributed by atoms with Crippen LogP contribution in [0.3, 0.4) is 0 Å². The van der Waals surface area contributed by atoms with Crippen LogP contribution in [0.4, 0.5) is 0 Å². The van der Waals surface area contributed by atoms with Gasteiger partial charge in [0.25, 0.3) is 5.91 Å². The van der Waals surface area contributed by atoms with Gasteiger partial charge >= 0.3 is 0 Å². The van der Waals surface area contributed by atoms with Crippen molar-refractivity contribution in [1.29, 1.82) is 0 Å². The van der Waals surface area contributed by atoms with Gasteiger partial charge in [-0.3, -0.25) is 4.79 Å². The smallest absolute Gasteiger partial charge is 0.267 e. The highest BCUT2D eigenvalue weighted by atomic mass is 16.1. The molecule has 0 bridgehead atoms. The van der Waals surface area contributed by atoms with Crippen LogP contribution in [-0.2, 0) is 0 Å². The summed E-state index contributed by atoms with van der Waals surface area (Å²) in [5.41, 5.74) is 1.79. The Morgan fingerprint density at radius 2 is 1.95 bits per heavy atom. The van der Waals surface area contributed by atoms with Gasteiger partial charge < -0.3 is 20.9 Å². The number of carbonyl (C=O) groups is 1. The van der Waals surface area contributed by atoms with Crippen LogP contribution in [0.5, 0.6) is 0 Å². The average molecular weight is 300 g/mol. The van der Waals surface area contributed by atoms with Crippen molar-refractivity contribution in [3.05, 3.63) is 48.1 Å². The summed E-state index contributed by atoms with van der Waals surface area (Å²) >= 11 is 0. The number of allylic oxidation sites excluding steroid dienone is 1. The Kier molecular flexibility index (Phi) is 4.22. The summed E-state index contributed by atoms with van der Waals surface area (Å²) < 4.78 is 0. The van der Waals surface area contributed by atoms with Gasteiger partial charge in [-0.1, -0.05) is 26.0 Å². The predicted octanol–water partition coefficient (Wildman–Crippen LogP) is 2.19. The van der Waals surface area contributed by atoms with Crippen molar-refractivity contribution in [3.8, 4) is 0 Å². The molecule has 3 unspecified atom stereocenters. The molecular formula is C17H24N4O. The Morgan fingerprint density at radius 1 is 1.23 bits per heavy atom. The van der Waals surface area contributed by atoms with Crippen molar-refractivity contribution in [2.75, 3.05) is 0 Å². The topological polar surface area (TPSA) is 69.0 Å². The predicted molar refractivity (Wildman–Crippen MR) is 87.2 cm³/mol. The van der Waals surface area contributed by atoms with Crippen molar-refractivity contribution in [2.45, 2.75) is 44.8 Å². The molecule has 3 atom stereocenters. The first-order valence-corrected chi connectivity index (χ1v) is 8.07. The van der Waals surface area contributed by atoms with Crippen molar-refractivity contribution in [3.63, 3.8) is 0 Å². The molecule has 0 radical (unpaired) electrons. The molecule has 1 aromatic rings. The number of H-pyrrole nitrogens is 1. The Labute approximate surface area is 131 Å². The van der Waals surface area contributed by atoms with Crippen molar-refractivity contribution in [2.24, 2.45) is 5.92 Å². The van der Waals surface area contributed by atoms with Gasteiger partial charge in [0.05, 0.1) is 0 Å². The van der Waals surface area contributed by atoms with Gasteiger partial charge in [-0.05, 0) is 36.9 Å². The first kappa shape index (κ1) is 14.8. The molecule has 0 aliphatic carbocycles. The molecule has 1 amide bonds. The number of carbonyl (C=O) groups excluding carboxylic acids is 1. The lowest BCUT2D eigenvalue weighted by molar-refractivity contribution is 0.0930. The van der Waals surface area contributed by atoms with E-state index >= 15 is 0 Å². The van der Waals surface area contributed by atoms with Crippen LogP contribution in [-0.4, -0.2) is 23.1 Å². The number of nitrogens with one attached hydrogen (secondary N) is 4. The number of fused-ring (bicyclic) bond motifs is 1. The summed E-state index contributed by atoms with van der Waals surface area (Å²) in [4.78, 5) is 15.4. The lowest BCUT2D eigenvalue weighted by Gasteiger charge is -2.30. The molecule has 118 valence electrons. The lowest BCUT2D eigenvalue weighted by atomic mass is 9.84. The summed E-state index contributed by atoms with van der Waals surface area (Å²) in [6.45, 7) is 4.18. The maximum Gasteiger partial charge on any atom is 0.267 e. The molecule has 2 aliphatic heterocycles. The van der Waals surface area contributed by atoms with Gasteiger partial charge in [0.1, 0.15) is 11.9 Å². The Hall–Kier alpha value is -2.17. The third-order valence-corrected chi connectivity index (χ3v) is 4.63. The van der Waals surface area contributed by atoms with Crippen LogP contribution < -0.4 is 16.0 Å². The van der Waals surface area contributed by atoms with E-state index in [4.69, 9.17) is 0 Å². The van der Waals surface area contributed by atoms with Crippen LogP contribution in [0.2, 0.25) is 0 Å². The first-order chi connectivity index (χ1) is 10.7. The van der Waals surface area contributed by atoms with E-state index in [9.17, 15) is 4.79 Å². The summed E-state index contributed by atoms with van der Waals surface area (Å²) in [5, 5.41) is 9.67. The zero-order valence-corrected chi connectivity index (χ0v) is 13.1. The molecule has 22 heavy (non-hydrogen) atoms. The number of hydrogen-bond acceptors (Lipinski definition) is 3. The number of rotatable bonds is 5. The zero-order chi connectivity index (χ0) is 15.5. The second kappa shape index (κ2) is 6.30. The largest absolute Gasteiger partial charge is 0.371 e. The molecular weight excluding hydrogens is 276 g/mol. The third kappa shape index (κ3) is 2.75. The van der Waals surface area contributed by atoms with Gasteiger partial charge in [0, 0.05) is 24.1 Å². The molecule has 3 heterocycles. The highest BCUT2D eigenvalue weighted by Gasteiger charge is 2.32. The normalized spacial score (nSPS) is 25.7. The number of amides is 1. The van der Waals surface area contributed by atoms with E-state index in [1.807, 2.05) is 24.7 Å². The molecule has 0 spiro atoms. The average Bonchev–Trinajstić information content (AvgIpc) is 3.20. The van der Waals surface area contributed by atoms with Gasteiger partial charge in [0.15, 0.2) is 0 Å². The summed E-state index contributed by atoms with van der Waals surface area (Å²) in [5.74, 6) is 0.633. The van der Waals surface area contributed by atoms with Gasteiger partial charge in [0.2, 0.25) is 0 Å². The Morgan fingerprint density at radius 3 is 2.68 bits per heavy atom. The van der Waals surface area contributed by atoms with Crippen LogP contribution >= 0.6 is 0 Å². The fraction of sp³-hybridized carbons (Fsp3) is 0.471. The SMILES string of the molecule is CCC(CC)NC(=O)c1cc(C2C=CNC3NC=CC32)c[nH]1. The van der Waals surface area contributed by atoms with Crippen LogP contribution in [0, 0.1) is 5.92 Å². The number of aromatic nitrogens is 1. The molecule has 5 heteroatoms. The summed E-state index contributed by atoms with van der Waals surface area (Å²) in [6, 6.07) is 2.21. The molecule has 0 aromatic carbocycles. The second-order valence-electron chi connectivity index (χ2n) is 5.97. The van der Waals surface area contributed by atoms with E-state index in [-0.39, 0.29) is 24.0 Å². The van der Waals surface area contributed by atoms with Crippen LogP contribution in [0.15, 0.2) is 36.8 Å². The third-order valence-electron chi connectivity index (χ3n) is 4.63. The van der Waals surface area contributed by atoms with E-state index in [2.05, 4.69) is 46.9 Å². The quantitative estimate of drug-likeness (QED) is 0.674. The highest BCUT2D eigenvalue weighted by Crippen LogP contribution is 2.33. The van der Waals surface area contributed by atoms with Crippen molar-refractivity contribution < 1.29 is 4.79 Å². The molecule has 4 N–H and O–H groups in total. The Balaban J connectivity index is 1.73. The molecule has 5 nitrogen and oxygen atoms in total. The fourth-order valence-electron chi connectivity index (χ4n) is 3.19. The molecule has 2 aliphatic rings. The fourth-order valence-corrected chi connectivity index (χ4v) is 3.19. The molecule has 0 saturated carbocycles.